The molecule has 0 saturated heterocycles. The second kappa shape index (κ2) is 5.31. The van der Waals surface area contributed by atoms with Gasteiger partial charge in [0.1, 0.15) is 0 Å². The average Bonchev–Trinajstić information content (AvgIpc) is 2.90. The maximum Gasteiger partial charge on any atom is 0.429 e. The van der Waals surface area contributed by atoms with Gasteiger partial charge in [0.15, 0.2) is 0 Å². The van der Waals surface area contributed by atoms with Crippen molar-refractivity contribution in [3.8, 4) is 0 Å². The number of hydrogen-bond acceptors (Lipinski definition) is 3. The molecule has 2 rings (SSSR count). The highest BCUT2D eigenvalue weighted by Crippen LogP contribution is 2.42. The van der Waals surface area contributed by atoms with Crippen LogP contribution < -0.4 is 0 Å². The number of halogens is 4. The van der Waals surface area contributed by atoms with Gasteiger partial charge in [-0.25, -0.2) is 0 Å². The number of carbonyl (C=O) groups is 1. The summed E-state index contributed by atoms with van der Waals surface area (Å²) < 4.78 is 40.3. The van der Waals surface area contributed by atoms with E-state index in [2.05, 4.69) is 15.9 Å². The number of carbonyl (C=O) groups excluding carboxylic acids is 1. The molecule has 0 radical (unpaired) electrons. The van der Waals surface area contributed by atoms with Gasteiger partial charge in [0, 0.05) is 10.0 Å². The summed E-state index contributed by atoms with van der Waals surface area (Å²) in [5.41, 5.74) is -4.05. The lowest BCUT2D eigenvalue weighted by atomic mass is 9.88. The molecule has 0 spiro atoms. The number of ketones is 1. The van der Waals surface area contributed by atoms with Gasteiger partial charge < -0.3 is 5.11 Å². The van der Waals surface area contributed by atoms with E-state index in [4.69, 9.17) is 0 Å². The van der Waals surface area contributed by atoms with Gasteiger partial charge in [0.25, 0.3) is 0 Å². The number of hydrogen-bond donors (Lipinski definition) is 1. The molecule has 0 aliphatic heterocycles. The smallest absolute Gasteiger partial charge is 0.370 e. The first-order valence-corrected chi connectivity index (χ1v) is 7.07. The summed E-state index contributed by atoms with van der Waals surface area (Å²) in [5, 5.41) is 11.5. The maximum absolute atomic E-state index is 13.3. The van der Waals surface area contributed by atoms with E-state index >= 15 is 0 Å². The lowest BCUT2D eigenvalue weighted by molar-refractivity contribution is -0.242. The Morgan fingerprint density at radius 3 is 2.20 bits per heavy atom. The van der Waals surface area contributed by atoms with E-state index < -0.39 is 23.1 Å². The average molecular weight is 365 g/mol. The van der Waals surface area contributed by atoms with E-state index in [-0.39, 0.29) is 4.88 Å². The number of aliphatic hydroxyl groups is 1. The van der Waals surface area contributed by atoms with Crippen LogP contribution in [0.25, 0.3) is 0 Å². The van der Waals surface area contributed by atoms with Crippen molar-refractivity contribution in [2.75, 3.05) is 0 Å². The van der Waals surface area contributed by atoms with Crippen molar-refractivity contribution < 1.29 is 23.1 Å². The number of rotatable bonds is 3. The first-order chi connectivity index (χ1) is 9.26. The monoisotopic (exact) mass is 364 g/mol. The summed E-state index contributed by atoms with van der Waals surface area (Å²) in [7, 11) is 0. The molecule has 2 aromatic rings. The summed E-state index contributed by atoms with van der Waals surface area (Å²) in [6, 6.07) is 7.53. The molecule has 7 heteroatoms. The summed E-state index contributed by atoms with van der Waals surface area (Å²) in [5.74, 6) is -1.37. The molecule has 0 amide bonds. The number of benzene rings is 1. The predicted octanol–water partition coefficient (Wildman–Crippen LogP) is 4.14. The molecule has 1 atom stereocenters. The zero-order valence-corrected chi connectivity index (χ0v) is 12.2. The first kappa shape index (κ1) is 15.2. The lowest BCUT2D eigenvalue weighted by Crippen LogP contribution is -2.49. The summed E-state index contributed by atoms with van der Waals surface area (Å²) in [6.07, 6.45) is -5.11. The van der Waals surface area contributed by atoms with Crippen molar-refractivity contribution in [2.24, 2.45) is 0 Å². The van der Waals surface area contributed by atoms with Crippen molar-refractivity contribution in [2.45, 2.75) is 11.8 Å². The van der Waals surface area contributed by atoms with Gasteiger partial charge in [-0.2, -0.15) is 13.2 Å². The van der Waals surface area contributed by atoms with Crippen LogP contribution in [0.5, 0.6) is 0 Å². The molecule has 0 saturated carbocycles. The van der Waals surface area contributed by atoms with Gasteiger partial charge in [-0.3, -0.25) is 4.79 Å². The van der Waals surface area contributed by atoms with Crippen LogP contribution in [0, 0.1) is 0 Å². The topological polar surface area (TPSA) is 37.3 Å². The molecule has 1 N–H and O–H groups in total. The van der Waals surface area contributed by atoms with Crippen LogP contribution in [-0.2, 0) is 5.60 Å². The fourth-order valence-corrected chi connectivity index (χ4v) is 2.68. The Hall–Kier alpha value is -1.18. The molecule has 1 aromatic heterocycles. The molecule has 0 unspecified atom stereocenters. The number of thiophene rings is 1. The van der Waals surface area contributed by atoms with Crippen LogP contribution in [0.2, 0.25) is 0 Å². The maximum atomic E-state index is 13.3. The third kappa shape index (κ3) is 2.53. The molecule has 0 aliphatic carbocycles. The molecule has 0 aliphatic rings. The van der Waals surface area contributed by atoms with Crippen molar-refractivity contribution in [3.63, 3.8) is 0 Å². The largest absolute Gasteiger partial charge is 0.429 e. The Balaban J connectivity index is 2.57. The van der Waals surface area contributed by atoms with Crippen molar-refractivity contribution >= 4 is 33.0 Å². The van der Waals surface area contributed by atoms with Crippen LogP contribution in [0.4, 0.5) is 13.2 Å². The van der Waals surface area contributed by atoms with E-state index in [9.17, 15) is 23.1 Å². The Morgan fingerprint density at radius 1 is 1.15 bits per heavy atom. The van der Waals surface area contributed by atoms with Crippen molar-refractivity contribution in [1.82, 2.24) is 0 Å². The molecule has 1 aromatic carbocycles. The highest BCUT2D eigenvalue weighted by molar-refractivity contribution is 9.10. The van der Waals surface area contributed by atoms with E-state index in [1.54, 1.807) is 0 Å². The van der Waals surface area contributed by atoms with Crippen molar-refractivity contribution in [3.05, 3.63) is 56.7 Å². The second-order valence-corrected chi connectivity index (χ2v) is 5.88. The Bertz CT molecular complexity index is 608. The van der Waals surface area contributed by atoms with Crippen LogP contribution in [0.3, 0.4) is 0 Å². The molecule has 2 nitrogen and oxygen atoms in total. The summed E-state index contributed by atoms with van der Waals surface area (Å²) in [4.78, 5) is 11.9. The van der Waals surface area contributed by atoms with Crippen LogP contribution in [0.1, 0.15) is 15.2 Å². The van der Waals surface area contributed by atoms with Crippen LogP contribution in [0.15, 0.2) is 46.3 Å². The standard InChI is InChI=1S/C13H8BrF3O2S/c14-9-5-3-8(4-6-9)12(19,13(15,16)17)11(18)10-2-1-7-20-10/h1-7,19H/t12-/m0/s1. The van der Waals surface area contributed by atoms with E-state index in [1.165, 1.54) is 29.6 Å². The third-order valence-electron chi connectivity index (χ3n) is 2.75. The van der Waals surface area contributed by atoms with Crippen LogP contribution >= 0.6 is 27.3 Å². The fourth-order valence-electron chi connectivity index (χ4n) is 1.70. The quantitative estimate of drug-likeness (QED) is 0.830. The van der Waals surface area contributed by atoms with Gasteiger partial charge >= 0.3 is 6.18 Å². The van der Waals surface area contributed by atoms with E-state index in [0.29, 0.717) is 4.47 Å². The van der Waals surface area contributed by atoms with Gasteiger partial charge in [-0.1, -0.05) is 34.1 Å². The number of alkyl halides is 3. The normalized spacial score (nSPS) is 14.8. The lowest BCUT2D eigenvalue weighted by Gasteiger charge is -2.29. The molecule has 20 heavy (non-hydrogen) atoms. The SMILES string of the molecule is O=C(c1cccs1)[C@@](O)(c1ccc(Br)cc1)C(F)(F)F. The Labute approximate surface area is 125 Å². The zero-order valence-electron chi connectivity index (χ0n) is 9.82. The minimum atomic E-state index is -5.11. The van der Waals surface area contributed by atoms with E-state index in [1.807, 2.05) is 0 Å². The minimum absolute atomic E-state index is 0.146. The Morgan fingerprint density at radius 2 is 1.75 bits per heavy atom. The van der Waals surface area contributed by atoms with Crippen LogP contribution in [-0.4, -0.2) is 17.1 Å². The second-order valence-electron chi connectivity index (χ2n) is 4.02. The number of Topliss-reactive ketones (excluding diaryl/α,β-unsaturated/α-hetero) is 1. The highest BCUT2D eigenvalue weighted by atomic mass is 79.9. The van der Waals surface area contributed by atoms with Gasteiger partial charge in [0.05, 0.1) is 4.88 Å². The molecule has 106 valence electrons. The zero-order chi connectivity index (χ0) is 15.0. The molecular weight excluding hydrogens is 357 g/mol. The van der Waals surface area contributed by atoms with E-state index in [0.717, 1.165) is 23.5 Å². The predicted molar refractivity (Wildman–Crippen MR) is 72.7 cm³/mol. The first-order valence-electron chi connectivity index (χ1n) is 5.40. The fraction of sp³-hybridized carbons (Fsp3) is 0.154. The Kier molecular flexibility index (Phi) is 4.04. The van der Waals surface area contributed by atoms with Gasteiger partial charge in [-0.15, -0.1) is 11.3 Å². The summed E-state index contributed by atoms with van der Waals surface area (Å²) >= 11 is 3.95. The highest BCUT2D eigenvalue weighted by Gasteiger charge is 2.60. The third-order valence-corrected chi connectivity index (χ3v) is 4.14. The molecule has 1 heterocycles. The molecule has 0 fully saturated rings. The molecule has 0 bridgehead atoms. The summed E-state index contributed by atoms with van der Waals surface area (Å²) in [6.45, 7) is 0. The van der Waals surface area contributed by atoms with Crippen molar-refractivity contribution in [1.29, 1.82) is 0 Å². The van der Waals surface area contributed by atoms with Gasteiger partial charge in [-0.05, 0) is 23.6 Å². The van der Waals surface area contributed by atoms with Gasteiger partial charge in [0.2, 0.25) is 11.4 Å². The molecular formula is C13H8BrF3O2S. The minimum Gasteiger partial charge on any atom is -0.370 e.